The van der Waals surface area contributed by atoms with E-state index in [4.69, 9.17) is 14.2 Å². The van der Waals surface area contributed by atoms with Gasteiger partial charge in [0.1, 0.15) is 5.75 Å². The fourth-order valence-electron chi connectivity index (χ4n) is 4.60. The van der Waals surface area contributed by atoms with E-state index in [0.717, 1.165) is 50.2 Å². The van der Waals surface area contributed by atoms with Crippen LogP contribution in [0.5, 0.6) is 5.75 Å². The molecular formula is C31H52O4. The number of fused-ring (bicyclic) bond motifs is 1. The zero-order chi connectivity index (χ0) is 25.7. The number of hydrogen-bond acceptors (Lipinski definition) is 4. The second kappa shape index (κ2) is 15.7. The van der Waals surface area contributed by atoms with E-state index in [9.17, 15) is 5.11 Å². The van der Waals surface area contributed by atoms with Gasteiger partial charge in [-0.3, -0.25) is 0 Å². The number of allylic oxidation sites excluding steroid dienone is 2. The van der Waals surface area contributed by atoms with E-state index in [1.54, 1.807) is 0 Å². The Hall–Kier alpha value is -1.36. The second-order valence-corrected chi connectivity index (χ2v) is 11.6. The van der Waals surface area contributed by atoms with E-state index in [1.807, 2.05) is 0 Å². The Bertz CT molecular complexity index is 750. The van der Waals surface area contributed by atoms with E-state index >= 15 is 0 Å². The number of aliphatic hydroxyl groups excluding tert-OH is 1. The number of aliphatic hydroxyl groups is 1. The van der Waals surface area contributed by atoms with Gasteiger partial charge in [0.15, 0.2) is 0 Å². The van der Waals surface area contributed by atoms with Crippen molar-refractivity contribution in [2.24, 2.45) is 11.8 Å². The lowest BCUT2D eigenvalue weighted by atomic mass is 9.95. The summed E-state index contributed by atoms with van der Waals surface area (Å²) in [5, 5.41) is 10.3. The minimum atomic E-state index is -0.474. The summed E-state index contributed by atoms with van der Waals surface area (Å²) in [7, 11) is 0. The quantitative estimate of drug-likeness (QED) is 0.174. The number of ether oxygens (including phenoxy) is 3. The first-order chi connectivity index (χ1) is 16.6. The van der Waals surface area contributed by atoms with Crippen LogP contribution in [0.25, 0.3) is 0 Å². The Morgan fingerprint density at radius 3 is 2.60 bits per heavy atom. The zero-order valence-electron chi connectivity index (χ0n) is 23.4. The number of rotatable bonds is 18. The van der Waals surface area contributed by atoms with Crippen LogP contribution in [0, 0.1) is 11.8 Å². The van der Waals surface area contributed by atoms with Crippen LogP contribution < -0.4 is 4.74 Å². The maximum atomic E-state index is 10.3. The van der Waals surface area contributed by atoms with E-state index < -0.39 is 6.10 Å². The Morgan fingerprint density at radius 2 is 1.83 bits per heavy atom. The zero-order valence-corrected chi connectivity index (χ0v) is 23.4. The van der Waals surface area contributed by atoms with Gasteiger partial charge in [0, 0.05) is 26.1 Å². The molecule has 3 unspecified atom stereocenters. The van der Waals surface area contributed by atoms with Crippen LogP contribution in [-0.4, -0.2) is 43.2 Å². The molecule has 1 aromatic carbocycles. The molecule has 1 aliphatic heterocycles. The molecule has 0 amide bonds. The summed E-state index contributed by atoms with van der Waals surface area (Å²) in [5.74, 6) is 2.30. The Morgan fingerprint density at radius 1 is 1.09 bits per heavy atom. The van der Waals surface area contributed by atoms with Crippen molar-refractivity contribution >= 4 is 0 Å². The summed E-state index contributed by atoms with van der Waals surface area (Å²) < 4.78 is 17.6. The van der Waals surface area contributed by atoms with Crippen molar-refractivity contribution in [2.45, 2.75) is 111 Å². The first kappa shape index (κ1) is 29.9. The van der Waals surface area contributed by atoms with Gasteiger partial charge >= 0.3 is 0 Å². The molecule has 2 rings (SSSR count). The van der Waals surface area contributed by atoms with Gasteiger partial charge in [0.05, 0.1) is 24.9 Å². The predicted octanol–water partition coefficient (Wildman–Crippen LogP) is 7.31. The maximum Gasteiger partial charge on any atom is 0.122 e. The Balaban J connectivity index is 1.50. The van der Waals surface area contributed by atoms with Crippen molar-refractivity contribution in [3.05, 3.63) is 41.0 Å². The average Bonchev–Trinajstić information content (AvgIpc) is 3.24. The molecule has 0 saturated carbocycles. The smallest absolute Gasteiger partial charge is 0.122 e. The third kappa shape index (κ3) is 13.0. The fraction of sp³-hybridized carbons (Fsp3) is 0.742. The molecular weight excluding hydrogens is 436 g/mol. The highest BCUT2D eigenvalue weighted by Crippen LogP contribution is 2.27. The SMILES string of the molecule is CC(C)=CCCC(C)CCOC(C)(C)CCCC(C)CCOCC(O)Cc1ccc2c(c1)OCC2. The minimum absolute atomic E-state index is 0.0530. The molecule has 0 aromatic heterocycles. The van der Waals surface area contributed by atoms with Crippen LogP contribution in [0.2, 0.25) is 0 Å². The summed E-state index contributed by atoms with van der Waals surface area (Å²) in [6, 6.07) is 6.27. The lowest BCUT2D eigenvalue weighted by molar-refractivity contribution is -0.0308. The van der Waals surface area contributed by atoms with Gasteiger partial charge in [0.2, 0.25) is 0 Å². The van der Waals surface area contributed by atoms with Crippen molar-refractivity contribution < 1.29 is 19.3 Å². The van der Waals surface area contributed by atoms with Gasteiger partial charge in [-0.15, -0.1) is 0 Å². The van der Waals surface area contributed by atoms with Crippen LogP contribution in [0.3, 0.4) is 0 Å². The van der Waals surface area contributed by atoms with Crippen molar-refractivity contribution in [1.82, 2.24) is 0 Å². The van der Waals surface area contributed by atoms with Crippen LogP contribution in [0.4, 0.5) is 0 Å². The molecule has 4 nitrogen and oxygen atoms in total. The first-order valence-electron chi connectivity index (χ1n) is 13.9. The molecule has 1 heterocycles. The van der Waals surface area contributed by atoms with Crippen LogP contribution in [0.15, 0.2) is 29.8 Å². The molecule has 0 aliphatic carbocycles. The molecule has 1 N–H and O–H groups in total. The summed E-state index contributed by atoms with van der Waals surface area (Å²) in [4.78, 5) is 0. The lowest BCUT2D eigenvalue weighted by Gasteiger charge is -2.27. The van der Waals surface area contributed by atoms with Gasteiger partial charge < -0.3 is 19.3 Å². The number of benzene rings is 1. The monoisotopic (exact) mass is 488 g/mol. The predicted molar refractivity (Wildman–Crippen MR) is 146 cm³/mol. The molecule has 3 atom stereocenters. The van der Waals surface area contributed by atoms with Gasteiger partial charge in [-0.2, -0.15) is 0 Å². The third-order valence-corrected chi connectivity index (χ3v) is 7.09. The van der Waals surface area contributed by atoms with Gasteiger partial charge in [-0.1, -0.05) is 50.5 Å². The highest BCUT2D eigenvalue weighted by molar-refractivity contribution is 5.40. The molecule has 1 aromatic rings. The van der Waals surface area contributed by atoms with Crippen molar-refractivity contribution in [3.63, 3.8) is 0 Å². The largest absolute Gasteiger partial charge is 0.493 e. The van der Waals surface area contributed by atoms with Gasteiger partial charge in [0.25, 0.3) is 0 Å². The normalized spacial score (nSPS) is 15.9. The van der Waals surface area contributed by atoms with Gasteiger partial charge in [-0.25, -0.2) is 0 Å². The van der Waals surface area contributed by atoms with Crippen LogP contribution in [-0.2, 0) is 22.3 Å². The van der Waals surface area contributed by atoms with E-state index in [0.29, 0.717) is 31.5 Å². The Labute approximate surface area is 215 Å². The lowest BCUT2D eigenvalue weighted by Crippen LogP contribution is -2.25. The maximum absolute atomic E-state index is 10.3. The molecule has 0 fully saturated rings. The standard InChI is InChI=1S/C31H52O4/c1-24(2)9-7-10-25(3)15-20-35-31(5,6)17-8-11-26(4)14-18-33-23-29(32)21-27-12-13-28-16-19-34-30(28)22-27/h9,12-13,22,25-26,29,32H,7-8,10-11,14-21,23H2,1-6H3. The van der Waals surface area contributed by atoms with Gasteiger partial charge in [-0.05, 0) is 88.8 Å². The molecule has 0 bridgehead atoms. The summed E-state index contributed by atoms with van der Waals surface area (Å²) >= 11 is 0. The van der Waals surface area contributed by atoms with Crippen molar-refractivity contribution in [2.75, 3.05) is 26.4 Å². The van der Waals surface area contributed by atoms with Crippen molar-refractivity contribution in [1.29, 1.82) is 0 Å². The number of hydrogen-bond donors (Lipinski definition) is 1. The summed E-state index contributed by atoms with van der Waals surface area (Å²) in [6.45, 7) is 16.1. The van der Waals surface area contributed by atoms with E-state index in [1.165, 1.54) is 36.8 Å². The Kier molecular flexibility index (Phi) is 13.4. The summed E-state index contributed by atoms with van der Waals surface area (Å²) in [6.07, 6.45) is 11.5. The molecule has 1 aliphatic rings. The minimum Gasteiger partial charge on any atom is -0.493 e. The highest BCUT2D eigenvalue weighted by Gasteiger charge is 2.19. The molecule has 200 valence electrons. The topological polar surface area (TPSA) is 47.9 Å². The first-order valence-corrected chi connectivity index (χ1v) is 13.9. The summed E-state index contributed by atoms with van der Waals surface area (Å²) in [5.41, 5.74) is 3.74. The molecule has 4 heteroatoms. The van der Waals surface area contributed by atoms with E-state index in [2.05, 4.69) is 65.8 Å². The third-order valence-electron chi connectivity index (χ3n) is 7.09. The molecule has 0 spiro atoms. The molecule has 0 radical (unpaired) electrons. The van der Waals surface area contributed by atoms with Crippen LogP contribution >= 0.6 is 0 Å². The molecule has 35 heavy (non-hydrogen) atoms. The van der Waals surface area contributed by atoms with Crippen molar-refractivity contribution in [3.8, 4) is 5.75 Å². The molecule has 0 saturated heterocycles. The fourth-order valence-corrected chi connectivity index (χ4v) is 4.60. The highest BCUT2D eigenvalue weighted by atomic mass is 16.5. The average molecular weight is 489 g/mol. The van der Waals surface area contributed by atoms with Crippen LogP contribution in [0.1, 0.15) is 97.6 Å². The van der Waals surface area contributed by atoms with E-state index in [-0.39, 0.29) is 5.60 Å². The second-order valence-electron chi connectivity index (χ2n) is 11.6.